The highest BCUT2D eigenvalue weighted by Gasteiger charge is 2.15. The molecule has 22 heavy (non-hydrogen) atoms. The highest BCUT2D eigenvalue weighted by Crippen LogP contribution is 2.14. The van der Waals surface area contributed by atoms with Gasteiger partial charge in [0.15, 0.2) is 0 Å². The molecular formula is C18H35NOS2. The Bertz CT molecular complexity index is 268. The summed E-state index contributed by atoms with van der Waals surface area (Å²) in [6.07, 6.45) is 16.7. The Morgan fingerprint density at radius 1 is 1.05 bits per heavy atom. The summed E-state index contributed by atoms with van der Waals surface area (Å²) in [6, 6.07) is 0. The Kier molecular flexibility index (Phi) is 13.6. The maximum atomic E-state index is 5.58. The van der Waals surface area contributed by atoms with Crippen LogP contribution < -0.4 is 5.32 Å². The van der Waals surface area contributed by atoms with Crippen LogP contribution in [-0.2, 0) is 4.74 Å². The van der Waals surface area contributed by atoms with E-state index in [0.717, 1.165) is 23.2 Å². The molecule has 130 valence electrons. The molecule has 0 aromatic heterocycles. The maximum Gasteiger partial charge on any atom is 0.133 e. The minimum atomic E-state index is 0.385. The highest BCUT2D eigenvalue weighted by molar-refractivity contribution is 8.22. The molecule has 0 unspecified atom stereocenters. The van der Waals surface area contributed by atoms with E-state index in [1.54, 1.807) is 11.8 Å². The standard InChI is InChI=1S/C18H35NOS2/c1-2-3-4-5-6-7-8-9-10-11-15-22-18(21)19-16-17-13-12-14-20-17/h17H,2-16H2,1H3,(H,19,21)/t17-/m1/s1. The molecular weight excluding hydrogens is 310 g/mol. The number of hydrogen-bond donors (Lipinski definition) is 1. The summed E-state index contributed by atoms with van der Waals surface area (Å²) >= 11 is 7.16. The Hall–Kier alpha value is 0.200. The van der Waals surface area contributed by atoms with Crippen molar-refractivity contribution in [1.29, 1.82) is 0 Å². The average molecular weight is 346 g/mol. The van der Waals surface area contributed by atoms with Gasteiger partial charge in [-0.2, -0.15) is 0 Å². The molecule has 0 saturated carbocycles. The van der Waals surface area contributed by atoms with Gasteiger partial charge >= 0.3 is 0 Å². The summed E-state index contributed by atoms with van der Waals surface area (Å²) in [4.78, 5) is 0. The molecule has 1 aliphatic rings. The zero-order valence-corrected chi connectivity index (χ0v) is 16.0. The highest BCUT2D eigenvalue weighted by atomic mass is 32.2. The Morgan fingerprint density at radius 3 is 2.27 bits per heavy atom. The first-order valence-electron chi connectivity index (χ1n) is 9.35. The molecule has 1 saturated heterocycles. The minimum Gasteiger partial charge on any atom is -0.376 e. The number of thiocarbonyl (C=S) groups is 1. The molecule has 2 nitrogen and oxygen atoms in total. The van der Waals surface area contributed by atoms with Gasteiger partial charge in [0.25, 0.3) is 0 Å². The molecule has 0 aromatic rings. The van der Waals surface area contributed by atoms with Gasteiger partial charge in [-0.25, -0.2) is 0 Å². The molecule has 0 aromatic carbocycles. The van der Waals surface area contributed by atoms with Crippen molar-refractivity contribution in [2.75, 3.05) is 18.9 Å². The summed E-state index contributed by atoms with van der Waals surface area (Å²) in [7, 11) is 0. The first-order chi connectivity index (χ1) is 10.8. The summed E-state index contributed by atoms with van der Waals surface area (Å²) in [5, 5.41) is 3.33. The van der Waals surface area contributed by atoms with Crippen LogP contribution in [0.4, 0.5) is 0 Å². The van der Waals surface area contributed by atoms with Crippen LogP contribution in [-0.4, -0.2) is 29.3 Å². The smallest absolute Gasteiger partial charge is 0.133 e. The van der Waals surface area contributed by atoms with Gasteiger partial charge in [-0.05, 0) is 19.3 Å². The molecule has 0 bridgehead atoms. The van der Waals surface area contributed by atoms with Crippen molar-refractivity contribution in [3.8, 4) is 0 Å². The molecule has 1 heterocycles. The van der Waals surface area contributed by atoms with Crippen LogP contribution in [0.3, 0.4) is 0 Å². The molecule has 1 atom stereocenters. The molecule has 1 rings (SSSR count). The lowest BCUT2D eigenvalue weighted by Crippen LogP contribution is -2.29. The van der Waals surface area contributed by atoms with Crippen molar-refractivity contribution in [3.63, 3.8) is 0 Å². The van der Waals surface area contributed by atoms with E-state index < -0.39 is 0 Å². The maximum absolute atomic E-state index is 5.58. The van der Waals surface area contributed by atoms with E-state index in [1.165, 1.54) is 77.0 Å². The number of unbranched alkanes of at least 4 members (excludes halogenated alkanes) is 9. The van der Waals surface area contributed by atoms with Crippen LogP contribution >= 0.6 is 24.0 Å². The largest absolute Gasteiger partial charge is 0.376 e. The number of rotatable bonds is 13. The second kappa shape index (κ2) is 14.8. The normalized spacial score (nSPS) is 17.8. The quantitative estimate of drug-likeness (QED) is 0.341. The van der Waals surface area contributed by atoms with E-state index in [0.29, 0.717) is 6.10 Å². The molecule has 1 fully saturated rings. The van der Waals surface area contributed by atoms with Crippen molar-refractivity contribution in [1.82, 2.24) is 5.32 Å². The van der Waals surface area contributed by atoms with E-state index in [2.05, 4.69) is 12.2 Å². The van der Waals surface area contributed by atoms with Crippen LogP contribution in [0.15, 0.2) is 0 Å². The van der Waals surface area contributed by atoms with E-state index in [4.69, 9.17) is 17.0 Å². The van der Waals surface area contributed by atoms with Crippen molar-refractivity contribution in [3.05, 3.63) is 0 Å². The predicted molar refractivity (Wildman–Crippen MR) is 104 cm³/mol. The summed E-state index contributed by atoms with van der Waals surface area (Å²) in [5.74, 6) is 1.16. The number of thioether (sulfide) groups is 1. The molecule has 4 heteroatoms. The lowest BCUT2D eigenvalue weighted by atomic mass is 10.1. The summed E-state index contributed by atoms with van der Waals surface area (Å²) in [5.41, 5.74) is 0. The zero-order chi connectivity index (χ0) is 15.9. The van der Waals surface area contributed by atoms with Gasteiger partial charge in [-0.1, -0.05) is 88.7 Å². The fraction of sp³-hybridized carbons (Fsp3) is 0.944. The van der Waals surface area contributed by atoms with Crippen molar-refractivity contribution in [2.45, 2.75) is 90.1 Å². The third-order valence-corrected chi connectivity index (χ3v) is 5.63. The first-order valence-corrected chi connectivity index (χ1v) is 10.7. The zero-order valence-electron chi connectivity index (χ0n) is 14.4. The minimum absolute atomic E-state index is 0.385. The van der Waals surface area contributed by atoms with Gasteiger partial charge in [0.1, 0.15) is 4.32 Å². The lowest BCUT2D eigenvalue weighted by Gasteiger charge is -2.12. The van der Waals surface area contributed by atoms with Crippen LogP contribution in [0.2, 0.25) is 0 Å². The van der Waals surface area contributed by atoms with Gasteiger partial charge in [0.2, 0.25) is 0 Å². The predicted octanol–water partition coefficient (Wildman–Crippen LogP) is 5.69. The SMILES string of the molecule is CCCCCCCCCCCCSC(=S)NC[C@H]1CCCO1. The molecule has 0 spiro atoms. The first kappa shape index (κ1) is 20.2. The molecule has 0 radical (unpaired) electrons. The Morgan fingerprint density at radius 2 is 1.68 bits per heavy atom. The lowest BCUT2D eigenvalue weighted by molar-refractivity contribution is 0.114. The van der Waals surface area contributed by atoms with Crippen LogP contribution in [0.5, 0.6) is 0 Å². The second-order valence-corrected chi connectivity index (χ2v) is 8.11. The molecule has 1 aliphatic heterocycles. The monoisotopic (exact) mass is 345 g/mol. The Balaban J connectivity index is 1.76. The van der Waals surface area contributed by atoms with Crippen LogP contribution in [0.25, 0.3) is 0 Å². The van der Waals surface area contributed by atoms with Gasteiger partial charge in [0, 0.05) is 18.9 Å². The fourth-order valence-corrected chi connectivity index (χ4v) is 3.86. The van der Waals surface area contributed by atoms with E-state index in [1.807, 2.05) is 0 Å². The van der Waals surface area contributed by atoms with Gasteiger partial charge < -0.3 is 10.1 Å². The van der Waals surface area contributed by atoms with E-state index in [-0.39, 0.29) is 0 Å². The number of nitrogens with one attached hydrogen (secondary N) is 1. The second-order valence-electron chi connectivity index (χ2n) is 6.33. The summed E-state index contributed by atoms with van der Waals surface area (Å²) in [6.45, 7) is 4.09. The number of ether oxygens (including phenoxy) is 1. The van der Waals surface area contributed by atoms with Crippen molar-refractivity contribution in [2.24, 2.45) is 0 Å². The van der Waals surface area contributed by atoms with Crippen molar-refractivity contribution >= 4 is 28.3 Å². The molecule has 0 amide bonds. The molecule has 0 aliphatic carbocycles. The number of hydrogen-bond acceptors (Lipinski definition) is 3. The third kappa shape index (κ3) is 11.7. The average Bonchev–Trinajstić information content (AvgIpc) is 3.04. The van der Waals surface area contributed by atoms with Gasteiger partial charge in [-0.3, -0.25) is 0 Å². The van der Waals surface area contributed by atoms with E-state index in [9.17, 15) is 0 Å². The molecule has 1 N–H and O–H groups in total. The third-order valence-electron chi connectivity index (χ3n) is 4.23. The van der Waals surface area contributed by atoms with E-state index >= 15 is 0 Å². The van der Waals surface area contributed by atoms with Gasteiger partial charge in [-0.15, -0.1) is 0 Å². The summed E-state index contributed by atoms with van der Waals surface area (Å²) < 4.78 is 6.53. The van der Waals surface area contributed by atoms with Crippen LogP contribution in [0.1, 0.15) is 84.0 Å². The fourth-order valence-electron chi connectivity index (χ4n) is 2.81. The van der Waals surface area contributed by atoms with Crippen LogP contribution in [0, 0.1) is 0 Å². The Labute approximate surface area is 147 Å². The van der Waals surface area contributed by atoms with Gasteiger partial charge in [0.05, 0.1) is 6.10 Å². The topological polar surface area (TPSA) is 21.3 Å². The van der Waals surface area contributed by atoms with Crippen molar-refractivity contribution < 1.29 is 4.74 Å².